The van der Waals surface area contributed by atoms with Crippen LogP contribution in [-0.2, 0) is 9.47 Å². The van der Waals surface area contributed by atoms with Crippen molar-refractivity contribution in [3.8, 4) is 0 Å². The highest BCUT2D eigenvalue weighted by atomic mass is 16.7. The molecule has 1 aliphatic rings. The Morgan fingerprint density at radius 1 is 1.06 bits per heavy atom. The van der Waals surface area contributed by atoms with Gasteiger partial charge in [0.15, 0.2) is 6.29 Å². The monoisotopic (exact) mass is 224 g/mol. The summed E-state index contributed by atoms with van der Waals surface area (Å²) >= 11 is 0. The molecule has 2 rings (SSSR count). The van der Waals surface area contributed by atoms with Gasteiger partial charge in [-0.05, 0) is 33.8 Å². The van der Waals surface area contributed by atoms with Crippen molar-refractivity contribution in [2.24, 2.45) is 0 Å². The minimum absolute atomic E-state index is 0.375. The average Bonchev–Trinajstić information content (AvgIpc) is 2.37. The molecule has 0 bridgehead atoms. The molecule has 2 heterocycles. The first-order chi connectivity index (χ1) is 7.32. The summed E-state index contributed by atoms with van der Waals surface area (Å²) in [6, 6.07) is 3.02. The van der Waals surface area contributed by atoms with E-state index in [0.29, 0.717) is 0 Å². The molecule has 0 aliphatic carbocycles. The van der Waals surface area contributed by atoms with Gasteiger partial charge in [-0.2, -0.15) is 0 Å². The van der Waals surface area contributed by atoms with Crippen LogP contribution in [0.5, 0.6) is 0 Å². The van der Waals surface area contributed by atoms with E-state index in [0.717, 1.165) is 5.56 Å². The summed E-state index contributed by atoms with van der Waals surface area (Å²) in [5.41, 5.74) is -0.416. The first-order valence-electron chi connectivity index (χ1n) is 5.26. The molecule has 0 N–H and O–H groups in total. The summed E-state index contributed by atoms with van der Waals surface area (Å²) in [6.45, 7) is 7.91. The van der Waals surface area contributed by atoms with Crippen molar-refractivity contribution >= 4 is 0 Å². The molecule has 0 saturated carbocycles. The Balaban J connectivity index is 2.27. The Hall–Kier alpha value is -1.13. The predicted molar refractivity (Wildman–Crippen MR) is 58.0 cm³/mol. The van der Waals surface area contributed by atoms with Gasteiger partial charge in [-0.3, -0.25) is 0 Å². The van der Waals surface area contributed by atoms with Crippen molar-refractivity contribution in [2.75, 3.05) is 0 Å². The maximum atomic E-state index is 10.8. The molecule has 4 nitrogen and oxygen atoms in total. The van der Waals surface area contributed by atoms with Crippen molar-refractivity contribution in [2.45, 2.75) is 45.2 Å². The van der Waals surface area contributed by atoms with Gasteiger partial charge in [-0.1, -0.05) is 0 Å². The van der Waals surface area contributed by atoms with Gasteiger partial charge in [0.25, 0.3) is 0 Å². The lowest BCUT2D eigenvalue weighted by Gasteiger charge is -2.30. The highest BCUT2D eigenvalue weighted by molar-refractivity contribution is 5.11. The van der Waals surface area contributed by atoms with Crippen LogP contribution in [0.2, 0.25) is 0 Å². The Labute approximate surface area is 94.2 Å². The van der Waals surface area contributed by atoms with Crippen LogP contribution in [0.3, 0.4) is 0 Å². The molecule has 16 heavy (non-hydrogen) atoms. The minimum atomic E-state index is -0.477. The molecule has 0 atom stereocenters. The van der Waals surface area contributed by atoms with Crippen LogP contribution >= 0.6 is 0 Å². The molecule has 0 spiro atoms. The lowest BCUT2D eigenvalue weighted by Crippen LogP contribution is -2.41. The number of hydrogen-bond donors (Lipinski definition) is 0. The Morgan fingerprint density at radius 3 is 2.06 bits per heavy atom. The van der Waals surface area contributed by atoms with Crippen molar-refractivity contribution in [3.05, 3.63) is 34.4 Å². The highest BCUT2D eigenvalue weighted by Crippen LogP contribution is 2.44. The standard InChI is InChI=1S/C12H16O4/c1-11(2)12(3,4)16-10(15-11)8-5-6-9(13)14-7-8/h5-7,10H,1-4H3. The van der Waals surface area contributed by atoms with E-state index in [4.69, 9.17) is 13.9 Å². The molecule has 1 saturated heterocycles. The minimum Gasteiger partial charge on any atom is -0.431 e. The van der Waals surface area contributed by atoms with E-state index in [1.54, 1.807) is 6.07 Å². The first-order valence-corrected chi connectivity index (χ1v) is 5.26. The van der Waals surface area contributed by atoms with Gasteiger partial charge in [0.2, 0.25) is 0 Å². The quantitative estimate of drug-likeness (QED) is 0.734. The van der Waals surface area contributed by atoms with Crippen LogP contribution in [-0.4, -0.2) is 11.2 Å². The zero-order valence-electron chi connectivity index (χ0n) is 9.94. The maximum absolute atomic E-state index is 10.8. The third-order valence-electron chi connectivity index (χ3n) is 3.25. The summed E-state index contributed by atoms with van der Waals surface area (Å²) < 4.78 is 16.4. The lowest BCUT2D eigenvalue weighted by molar-refractivity contribution is -0.0905. The fraction of sp³-hybridized carbons (Fsp3) is 0.583. The molecule has 1 aromatic rings. The van der Waals surface area contributed by atoms with Crippen LogP contribution in [0.25, 0.3) is 0 Å². The average molecular weight is 224 g/mol. The Bertz CT molecular complexity index is 408. The van der Waals surface area contributed by atoms with Gasteiger partial charge in [0, 0.05) is 11.6 Å². The van der Waals surface area contributed by atoms with Crippen molar-refractivity contribution in [1.29, 1.82) is 0 Å². The molecule has 0 amide bonds. The van der Waals surface area contributed by atoms with Gasteiger partial charge < -0.3 is 13.9 Å². The SMILES string of the molecule is CC1(C)OC(c2ccc(=O)oc2)OC1(C)C. The molecule has 1 fully saturated rings. The molecule has 1 aliphatic heterocycles. The Kier molecular flexibility index (Phi) is 2.44. The zero-order chi connectivity index (χ0) is 12.0. The van der Waals surface area contributed by atoms with E-state index in [1.165, 1.54) is 12.3 Å². The van der Waals surface area contributed by atoms with Gasteiger partial charge in [0.1, 0.15) is 6.26 Å². The summed E-state index contributed by atoms with van der Waals surface area (Å²) in [5, 5.41) is 0. The number of ether oxygens (including phenoxy) is 2. The van der Waals surface area contributed by atoms with E-state index < -0.39 is 6.29 Å². The summed E-state index contributed by atoms with van der Waals surface area (Å²) in [4.78, 5) is 10.8. The van der Waals surface area contributed by atoms with Crippen LogP contribution in [0.15, 0.2) is 27.6 Å². The largest absolute Gasteiger partial charge is 0.431 e. The third-order valence-corrected chi connectivity index (χ3v) is 3.25. The maximum Gasteiger partial charge on any atom is 0.335 e. The summed E-state index contributed by atoms with van der Waals surface area (Å²) in [6.07, 6.45) is 0.902. The van der Waals surface area contributed by atoms with Crippen LogP contribution in [0.4, 0.5) is 0 Å². The number of rotatable bonds is 1. The summed E-state index contributed by atoms with van der Waals surface area (Å²) in [7, 11) is 0. The Morgan fingerprint density at radius 2 is 1.62 bits per heavy atom. The van der Waals surface area contributed by atoms with Crippen LogP contribution < -0.4 is 5.63 Å². The van der Waals surface area contributed by atoms with E-state index >= 15 is 0 Å². The topological polar surface area (TPSA) is 48.7 Å². The van der Waals surface area contributed by atoms with Crippen molar-refractivity contribution < 1.29 is 13.9 Å². The molecule has 1 aromatic heterocycles. The van der Waals surface area contributed by atoms with Crippen molar-refractivity contribution in [1.82, 2.24) is 0 Å². The molecule has 4 heteroatoms. The molecule has 0 aromatic carbocycles. The fourth-order valence-corrected chi connectivity index (χ4v) is 1.48. The molecule has 88 valence electrons. The van der Waals surface area contributed by atoms with Gasteiger partial charge >= 0.3 is 5.63 Å². The van der Waals surface area contributed by atoms with E-state index in [2.05, 4.69) is 0 Å². The van der Waals surface area contributed by atoms with Gasteiger partial charge in [-0.25, -0.2) is 4.79 Å². The van der Waals surface area contributed by atoms with Gasteiger partial charge in [0.05, 0.1) is 11.2 Å². The normalized spacial score (nSPS) is 23.5. The van der Waals surface area contributed by atoms with E-state index in [-0.39, 0.29) is 16.8 Å². The summed E-state index contributed by atoms with van der Waals surface area (Å²) in [5.74, 6) is 0. The highest BCUT2D eigenvalue weighted by Gasteiger charge is 2.49. The van der Waals surface area contributed by atoms with Crippen LogP contribution in [0, 0.1) is 0 Å². The second kappa shape index (κ2) is 3.43. The molecule has 0 radical (unpaired) electrons. The third kappa shape index (κ3) is 1.79. The van der Waals surface area contributed by atoms with Crippen LogP contribution in [0.1, 0.15) is 39.5 Å². The van der Waals surface area contributed by atoms with E-state index in [9.17, 15) is 4.79 Å². The van der Waals surface area contributed by atoms with Gasteiger partial charge in [-0.15, -0.1) is 0 Å². The lowest BCUT2D eigenvalue weighted by atomic mass is 9.90. The second-order valence-electron chi connectivity index (χ2n) is 4.98. The fourth-order valence-electron chi connectivity index (χ4n) is 1.48. The van der Waals surface area contributed by atoms with E-state index in [1.807, 2.05) is 27.7 Å². The predicted octanol–water partition coefficient (Wildman–Crippen LogP) is 2.24. The number of hydrogen-bond acceptors (Lipinski definition) is 4. The molecular formula is C12H16O4. The van der Waals surface area contributed by atoms with Crippen molar-refractivity contribution in [3.63, 3.8) is 0 Å². The molecular weight excluding hydrogens is 208 g/mol. The first kappa shape index (κ1) is 11.4. The smallest absolute Gasteiger partial charge is 0.335 e. The second-order valence-corrected chi connectivity index (χ2v) is 4.98. The zero-order valence-corrected chi connectivity index (χ0v) is 9.94. The molecule has 0 unspecified atom stereocenters.